The van der Waals surface area contributed by atoms with Crippen molar-refractivity contribution in [1.82, 2.24) is 5.32 Å². The van der Waals surface area contributed by atoms with E-state index in [0.717, 1.165) is 31.2 Å². The van der Waals surface area contributed by atoms with E-state index in [0.29, 0.717) is 11.5 Å². The average Bonchev–Trinajstić information content (AvgIpc) is 2.86. The highest BCUT2D eigenvalue weighted by molar-refractivity contribution is 5.39. The summed E-state index contributed by atoms with van der Waals surface area (Å²) in [5, 5.41) is 3.70. The van der Waals surface area contributed by atoms with Crippen LogP contribution < -0.4 is 10.1 Å². The number of ether oxygens (including phenoxy) is 1. The minimum atomic E-state index is 0.554. The highest BCUT2D eigenvalue weighted by Gasteiger charge is 2.49. The second-order valence-electron chi connectivity index (χ2n) is 7.04. The quantitative estimate of drug-likeness (QED) is 0.855. The van der Waals surface area contributed by atoms with Crippen molar-refractivity contribution in [2.75, 3.05) is 13.2 Å². The number of rotatable bonds is 6. The van der Waals surface area contributed by atoms with Crippen LogP contribution in [0.2, 0.25) is 0 Å². The van der Waals surface area contributed by atoms with Gasteiger partial charge in [0.2, 0.25) is 0 Å². The number of fused-ring (bicyclic) bond motifs is 1. The van der Waals surface area contributed by atoms with Crippen molar-refractivity contribution in [1.29, 1.82) is 0 Å². The molecule has 1 fully saturated rings. The summed E-state index contributed by atoms with van der Waals surface area (Å²) in [7, 11) is 0. The summed E-state index contributed by atoms with van der Waals surface area (Å²) in [5.74, 6) is 1.96. The first kappa shape index (κ1) is 13.9. The van der Waals surface area contributed by atoms with E-state index in [2.05, 4.69) is 44.3 Å². The molecular formula is C18H27NO. The molecule has 1 saturated carbocycles. The summed E-state index contributed by atoms with van der Waals surface area (Å²) >= 11 is 0. The molecule has 1 aromatic rings. The smallest absolute Gasteiger partial charge is 0.122 e. The molecule has 0 saturated heterocycles. The van der Waals surface area contributed by atoms with Crippen LogP contribution in [-0.2, 0) is 12.8 Å². The highest BCUT2D eigenvalue weighted by Crippen LogP contribution is 2.54. The van der Waals surface area contributed by atoms with Crippen LogP contribution in [0.15, 0.2) is 18.2 Å². The fourth-order valence-corrected chi connectivity index (χ4v) is 3.62. The van der Waals surface area contributed by atoms with Crippen LogP contribution in [0.25, 0.3) is 0 Å². The van der Waals surface area contributed by atoms with Crippen LogP contribution in [0.5, 0.6) is 5.75 Å². The highest BCUT2D eigenvalue weighted by atomic mass is 16.5. The molecule has 0 aromatic heterocycles. The molecule has 2 aliphatic rings. The molecule has 2 nitrogen and oxygen atoms in total. The second kappa shape index (κ2) is 5.40. The molecule has 1 aromatic carbocycles. The van der Waals surface area contributed by atoms with Crippen molar-refractivity contribution in [3.63, 3.8) is 0 Å². The van der Waals surface area contributed by atoms with Crippen LogP contribution >= 0.6 is 0 Å². The Labute approximate surface area is 122 Å². The molecule has 1 heterocycles. The Morgan fingerprint density at radius 2 is 2.20 bits per heavy atom. The first-order chi connectivity index (χ1) is 9.60. The molecule has 20 heavy (non-hydrogen) atoms. The fourth-order valence-electron chi connectivity index (χ4n) is 3.62. The van der Waals surface area contributed by atoms with Gasteiger partial charge in [-0.1, -0.05) is 32.9 Å². The number of hydrogen-bond acceptors (Lipinski definition) is 2. The summed E-state index contributed by atoms with van der Waals surface area (Å²) in [6, 6.07) is 7.43. The van der Waals surface area contributed by atoms with Crippen LogP contribution in [-0.4, -0.2) is 19.2 Å². The Kier molecular flexibility index (Phi) is 3.76. The van der Waals surface area contributed by atoms with Gasteiger partial charge in [0.05, 0.1) is 6.61 Å². The molecule has 2 heteroatoms. The first-order valence-electron chi connectivity index (χ1n) is 8.08. The Morgan fingerprint density at radius 3 is 2.90 bits per heavy atom. The molecule has 2 unspecified atom stereocenters. The van der Waals surface area contributed by atoms with Crippen LogP contribution in [0.4, 0.5) is 0 Å². The summed E-state index contributed by atoms with van der Waals surface area (Å²) < 4.78 is 5.58. The summed E-state index contributed by atoms with van der Waals surface area (Å²) in [5.41, 5.74) is 3.42. The average molecular weight is 273 g/mol. The van der Waals surface area contributed by atoms with Gasteiger partial charge < -0.3 is 10.1 Å². The van der Waals surface area contributed by atoms with Crippen molar-refractivity contribution < 1.29 is 4.74 Å². The largest absolute Gasteiger partial charge is 0.493 e. The minimum Gasteiger partial charge on any atom is -0.493 e. The van der Waals surface area contributed by atoms with E-state index in [1.165, 1.54) is 30.4 Å². The standard InChI is InChI=1S/C18H27NO/c1-4-19-16(15-12-18(15,2)3)7-5-13-6-8-17-14(11-13)9-10-20-17/h6,8,11,15-16,19H,4-5,7,9-10,12H2,1-3H3. The predicted octanol–water partition coefficient (Wildman–Crippen LogP) is 3.58. The molecule has 2 atom stereocenters. The lowest BCUT2D eigenvalue weighted by molar-refractivity contribution is 0.356. The lowest BCUT2D eigenvalue weighted by atomic mass is 9.96. The maximum absolute atomic E-state index is 5.58. The van der Waals surface area contributed by atoms with Crippen molar-refractivity contribution in [3.05, 3.63) is 29.3 Å². The van der Waals surface area contributed by atoms with E-state index in [4.69, 9.17) is 4.74 Å². The third-order valence-corrected chi connectivity index (χ3v) is 5.04. The molecule has 0 bridgehead atoms. The molecule has 3 rings (SSSR count). The number of nitrogens with one attached hydrogen (secondary N) is 1. The molecule has 1 N–H and O–H groups in total. The lowest BCUT2D eigenvalue weighted by Crippen LogP contribution is -2.32. The molecule has 0 amide bonds. The third kappa shape index (κ3) is 2.85. The van der Waals surface area contributed by atoms with Gasteiger partial charge in [-0.2, -0.15) is 0 Å². The van der Waals surface area contributed by atoms with E-state index >= 15 is 0 Å². The van der Waals surface area contributed by atoms with Crippen LogP contribution in [0.1, 0.15) is 44.7 Å². The molecule has 110 valence electrons. The lowest BCUT2D eigenvalue weighted by Gasteiger charge is -2.20. The van der Waals surface area contributed by atoms with Gasteiger partial charge in [0, 0.05) is 12.5 Å². The van der Waals surface area contributed by atoms with E-state index in [-0.39, 0.29) is 0 Å². The van der Waals surface area contributed by atoms with Crippen LogP contribution in [0, 0.1) is 11.3 Å². The van der Waals surface area contributed by atoms with E-state index < -0.39 is 0 Å². The Bertz CT molecular complexity index is 480. The van der Waals surface area contributed by atoms with E-state index in [9.17, 15) is 0 Å². The van der Waals surface area contributed by atoms with Gasteiger partial charge >= 0.3 is 0 Å². The van der Waals surface area contributed by atoms with Crippen molar-refractivity contribution in [3.8, 4) is 5.75 Å². The van der Waals surface area contributed by atoms with Crippen molar-refractivity contribution >= 4 is 0 Å². The van der Waals surface area contributed by atoms with Gasteiger partial charge in [0.1, 0.15) is 5.75 Å². The maximum atomic E-state index is 5.58. The predicted molar refractivity (Wildman–Crippen MR) is 83.3 cm³/mol. The van der Waals surface area contributed by atoms with Gasteiger partial charge in [-0.05, 0) is 54.3 Å². The van der Waals surface area contributed by atoms with Gasteiger partial charge in [0.15, 0.2) is 0 Å². The SMILES string of the molecule is CCNC(CCc1ccc2c(c1)CCO2)C1CC1(C)C. The summed E-state index contributed by atoms with van der Waals surface area (Å²) in [6.45, 7) is 8.95. The Hall–Kier alpha value is -1.02. The number of benzene rings is 1. The molecule has 0 radical (unpaired) electrons. The third-order valence-electron chi connectivity index (χ3n) is 5.04. The van der Waals surface area contributed by atoms with Gasteiger partial charge in [-0.25, -0.2) is 0 Å². The zero-order valence-electron chi connectivity index (χ0n) is 13.0. The normalized spacial score (nSPS) is 24.1. The Morgan fingerprint density at radius 1 is 1.40 bits per heavy atom. The zero-order chi connectivity index (χ0) is 14.2. The number of hydrogen-bond donors (Lipinski definition) is 1. The van der Waals surface area contributed by atoms with Crippen LogP contribution in [0.3, 0.4) is 0 Å². The van der Waals surface area contributed by atoms with E-state index in [1.807, 2.05) is 0 Å². The maximum Gasteiger partial charge on any atom is 0.122 e. The molecule has 0 spiro atoms. The zero-order valence-corrected chi connectivity index (χ0v) is 13.0. The number of aryl methyl sites for hydroxylation is 1. The monoisotopic (exact) mass is 273 g/mol. The topological polar surface area (TPSA) is 21.3 Å². The van der Waals surface area contributed by atoms with Gasteiger partial charge in [-0.15, -0.1) is 0 Å². The van der Waals surface area contributed by atoms with Crippen molar-refractivity contribution in [2.24, 2.45) is 11.3 Å². The van der Waals surface area contributed by atoms with Gasteiger partial charge in [0.25, 0.3) is 0 Å². The summed E-state index contributed by atoms with van der Waals surface area (Å²) in [6.07, 6.45) is 4.89. The summed E-state index contributed by atoms with van der Waals surface area (Å²) in [4.78, 5) is 0. The first-order valence-corrected chi connectivity index (χ1v) is 8.08. The molecule has 1 aliphatic heterocycles. The van der Waals surface area contributed by atoms with Crippen molar-refractivity contribution in [2.45, 2.75) is 52.5 Å². The van der Waals surface area contributed by atoms with Gasteiger partial charge in [-0.3, -0.25) is 0 Å². The molecule has 1 aliphatic carbocycles. The molecular weight excluding hydrogens is 246 g/mol. The minimum absolute atomic E-state index is 0.554. The second-order valence-corrected chi connectivity index (χ2v) is 7.04. The fraction of sp³-hybridized carbons (Fsp3) is 0.667. The Balaban J connectivity index is 1.60. The van der Waals surface area contributed by atoms with E-state index in [1.54, 1.807) is 0 Å².